The maximum absolute atomic E-state index is 12.7. The van der Waals surface area contributed by atoms with E-state index in [1.54, 1.807) is 0 Å². The highest BCUT2D eigenvalue weighted by molar-refractivity contribution is 5.80. The fraction of sp³-hybridized carbons (Fsp3) is 0.481. The molecule has 33 heavy (non-hydrogen) atoms. The van der Waals surface area contributed by atoms with Crippen molar-refractivity contribution in [2.75, 3.05) is 37.6 Å². The molecule has 6 heteroatoms. The van der Waals surface area contributed by atoms with Crippen LogP contribution in [0.2, 0.25) is 0 Å². The SMILES string of the molecule is CCNC(=NCCCC(=O)N1CCc2ccccc2C1)NC1CCN(c2ccccc2)CC1. The maximum Gasteiger partial charge on any atom is 0.222 e. The summed E-state index contributed by atoms with van der Waals surface area (Å²) in [7, 11) is 0. The van der Waals surface area contributed by atoms with Crippen LogP contribution in [0.25, 0.3) is 0 Å². The molecule has 2 aromatic rings. The molecule has 0 saturated carbocycles. The lowest BCUT2D eigenvalue weighted by Crippen LogP contribution is -2.48. The minimum absolute atomic E-state index is 0.242. The Morgan fingerprint density at radius 3 is 2.48 bits per heavy atom. The molecular formula is C27H37N5O. The van der Waals surface area contributed by atoms with E-state index in [4.69, 9.17) is 4.99 Å². The quantitative estimate of drug-likeness (QED) is 0.387. The first kappa shape index (κ1) is 23.1. The van der Waals surface area contributed by atoms with Gasteiger partial charge in [0.15, 0.2) is 5.96 Å². The lowest BCUT2D eigenvalue weighted by atomic mass is 9.99. The molecule has 1 amide bonds. The minimum Gasteiger partial charge on any atom is -0.371 e. The van der Waals surface area contributed by atoms with Crippen LogP contribution >= 0.6 is 0 Å². The van der Waals surface area contributed by atoms with Crippen molar-refractivity contribution in [3.05, 3.63) is 65.7 Å². The molecule has 0 spiro atoms. The van der Waals surface area contributed by atoms with E-state index in [9.17, 15) is 4.79 Å². The molecule has 1 saturated heterocycles. The Balaban J connectivity index is 1.20. The van der Waals surface area contributed by atoms with Gasteiger partial charge in [-0.2, -0.15) is 0 Å². The lowest BCUT2D eigenvalue weighted by Gasteiger charge is -2.34. The number of hydrogen-bond acceptors (Lipinski definition) is 3. The molecule has 0 bridgehead atoms. The van der Waals surface area contributed by atoms with Crippen molar-refractivity contribution in [1.29, 1.82) is 0 Å². The molecule has 176 valence electrons. The highest BCUT2D eigenvalue weighted by atomic mass is 16.2. The van der Waals surface area contributed by atoms with E-state index in [0.29, 0.717) is 19.0 Å². The number of carbonyl (C=O) groups excluding carboxylic acids is 1. The zero-order valence-corrected chi connectivity index (χ0v) is 19.8. The standard InChI is InChI=1S/C27H37N5O/c1-2-28-27(30-24-15-19-31(20-16-24)25-11-4-3-5-12-25)29-17-8-13-26(33)32-18-14-22-9-6-7-10-23(22)21-32/h3-7,9-12,24H,2,8,13-21H2,1H3,(H2,28,29,30). The van der Waals surface area contributed by atoms with E-state index in [0.717, 1.165) is 64.4 Å². The van der Waals surface area contributed by atoms with E-state index in [1.807, 2.05) is 4.90 Å². The highest BCUT2D eigenvalue weighted by Gasteiger charge is 2.21. The smallest absolute Gasteiger partial charge is 0.222 e. The Kier molecular flexibility index (Phi) is 8.23. The van der Waals surface area contributed by atoms with Gasteiger partial charge in [0.05, 0.1) is 0 Å². The van der Waals surface area contributed by atoms with Crippen LogP contribution in [0.3, 0.4) is 0 Å². The second-order valence-electron chi connectivity index (χ2n) is 8.94. The average Bonchev–Trinajstić information content (AvgIpc) is 2.87. The van der Waals surface area contributed by atoms with Crippen molar-refractivity contribution in [2.45, 2.75) is 51.6 Å². The number of rotatable bonds is 7. The van der Waals surface area contributed by atoms with Gasteiger partial charge in [0.1, 0.15) is 0 Å². The second kappa shape index (κ2) is 11.7. The number of hydrogen-bond donors (Lipinski definition) is 2. The van der Waals surface area contributed by atoms with Gasteiger partial charge in [-0.15, -0.1) is 0 Å². The van der Waals surface area contributed by atoms with E-state index in [-0.39, 0.29) is 5.91 Å². The van der Waals surface area contributed by atoms with Gasteiger partial charge >= 0.3 is 0 Å². The summed E-state index contributed by atoms with van der Waals surface area (Å²) in [5, 5.41) is 6.97. The first-order valence-corrected chi connectivity index (χ1v) is 12.4. The van der Waals surface area contributed by atoms with E-state index in [2.05, 4.69) is 77.1 Å². The number of guanidine groups is 1. The van der Waals surface area contributed by atoms with Gasteiger partial charge in [0.2, 0.25) is 5.91 Å². The van der Waals surface area contributed by atoms with Crippen LogP contribution in [0.1, 0.15) is 43.7 Å². The van der Waals surface area contributed by atoms with Crippen LogP contribution in [0.4, 0.5) is 5.69 Å². The molecule has 0 aromatic heterocycles. The number of nitrogens with zero attached hydrogens (tertiary/aromatic N) is 3. The highest BCUT2D eigenvalue weighted by Crippen LogP contribution is 2.20. The number of amides is 1. The molecule has 1 fully saturated rings. The largest absolute Gasteiger partial charge is 0.371 e. The fourth-order valence-electron chi connectivity index (χ4n) is 4.72. The summed E-state index contributed by atoms with van der Waals surface area (Å²) < 4.78 is 0. The fourth-order valence-corrected chi connectivity index (χ4v) is 4.72. The number of piperidine rings is 1. The number of carbonyl (C=O) groups is 1. The molecule has 0 aliphatic carbocycles. The number of nitrogens with one attached hydrogen (secondary N) is 2. The van der Waals surface area contributed by atoms with Gasteiger partial charge in [0.25, 0.3) is 0 Å². The number of para-hydroxylation sites is 1. The second-order valence-corrected chi connectivity index (χ2v) is 8.94. The Morgan fingerprint density at radius 1 is 1.00 bits per heavy atom. The number of anilines is 1. The monoisotopic (exact) mass is 447 g/mol. The van der Waals surface area contributed by atoms with Gasteiger partial charge < -0.3 is 20.4 Å². The summed E-state index contributed by atoms with van der Waals surface area (Å²) in [5.41, 5.74) is 3.97. The summed E-state index contributed by atoms with van der Waals surface area (Å²) in [6.45, 7) is 7.25. The molecule has 0 atom stereocenters. The minimum atomic E-state index is 0.242. The third-order valence-corrected chi connectivity index (χ3v) is 6.60. The number of benzene rings is 2. The van der Waals surface area contributed by atoms with Crippen LogP contribution in [0, 0.1) is 0 Å². The van der Waals surface area contributed by atoms with Crippen molar-refractivity contribution in [3.8, 4) is 0 Å². The van der Waals surface area contributed by atoms with Gasteiger partial charge in [-0.25, -0.2) is 0 Å². The van der Waals surface area contributed by atoms with E-state index < -0.39 is 0 Å². The van der Waals surface area contributed by atoms with E-state index >= 15 is 0 Å². The molecule has 2 N–H and O–H groups in total. The zero-order valence-electron chi connectivity index (χ0n) is 19.8. The molecule has 0 radical (unpaired) electrons. The van der Waals surface area contributed by atoms with Gasteiger partial charge in [-0.05, 0) is 55.9 Å². The molecular weight excluding hydrogens is 410 g/mol. The topological polar surface area (TPSA) is 60.0 Å². The summed E-state index contributed by atoms with van der Waals surface area (Å²) in [6, 6.07) is 19.5. The molecule has 2 aromatic carbocycles. The third-order valence-electron chi connectivity index (χ3n) is 6.60. The molecule has 2 aliphatic rings. The van der Waals surface area contributed by atoms with Crippen molar-refractivity contribution in [3.63, 3.8) is 0 Å². The van der Waals surface area contributed by atoms with Gasteiger partial charge in [-0.1, -0.05) is 42.5 Å². The number of fused-ring (bicyclic) bond motifs is 1. The van der Waals surface area contributed by atoms with Crippen molar-refractivity contribution < 1.29 is 4.79 Å². The molecule has 2 aliphatic heterocycles. The van der Waals surface area contributed by atoms with Gasteiger partial charge in [0, 0.05) is 57.4 Å². The first-order chi connectivity index (χ1) is 16.2. The van der Waals surface area contributed by atoms with Crippen molar-refractivity contribution >= 4 is 17.6 Å². The third kappa shape index (κ3) is 6.50. The number of aliphatic imine (C=N–C) groups is 1. The summed E-state index contributed by atoms with van der Waals surface area (Å²) in [6.07, 6.45) is 4.47. The van der Waals surface area contributed by atoms with Crippen LogP contribution in [-0.2, 0) is 17.8 Å². The predicted molar refractivity (Wildman–Crippen MR) is 136 cm³/mol. The lowest BCUT2D eigenvalue weighted by molar-refractivity contribution is -0.132. The Bertz CT molecular complexity index is 921. The molecule has 6 nitrogen and oxygen atoms in total. The molecule has 2 heterocycles. The zero-order chi connectivity index (χ0) is 22.9. The van der Waals surface area contributed by atoms with Crippen LogP contribution < -0.4 is 15.5 Å². The van der Waals surface area contributed by atoms with Crippen molar-refractivity contribution in [2.24, 2.45) is 4.99 Å². The predicted octanol–water partition coefficient (Wildman–Crippen LogP) is 3.58. The average molecular weight is 448 g/mol. The van der Waals surface area contributed by atoms with Crippen molar-refractivity contribution in [1.82, 2.24) is 15.5 Å². The van der Waals surface area contributed by atoms with Gasteiger partial charge in [-0.3, -0.25) is 9.79 Å². The van der Waals surface area contributed by atoms with E-state index in [1.165, 1.54) is 16.8 Å². The first-order valence-electron chi connectivity index (χ1n) is 12.4. The summed E-state index contributed by atoms with van der Waals surface area (Å²) in [4.78, 5) is 21.9. The van der Waals surface area contributed by atoms with Crippen LogP contribution in [0.5, 0.6) is 0 Å². The van der Waals surface area contributed by atoms with Crippen LogP contribution in [0.15, 0.2) is 59.6 Å². The Labute approximate surface area is 198 Å². The Morgan fingerprint density at radius 2 is 1.73 bits per heavy atom. The summed E-state index contributed by atoms with van der Waals surface area (Å²) in [5.74, 6) is 1.11. The maximum atomic E-state index is 12.7. The normalized spacial score (nSPS) is 16.9. The molecule has 4 rings (SSSR count). The summed E-state index contributed by atoms with van der Waals surface area (Å²) >= 11 is 0. The molecule has 0 unspecified atom stereocenters. The Hall–Kier alpha value is -3.02. The van der Waals surface area contributed by atoms with Crippen LogP contribution in [-0.4, -0.2) is 55.5 Å².